The Hall–Kier alpha value is -0.860. The molecule has 1 aliphatic rings. The standard InChI is InChI=1S/C14H22N2/c1-4-14(16(3)13-9-15-10-13)12-7-5-11(2)6-8-12/h5-8,13-15H,4,9-10H2,1-3H3. The smallest absolute Gasteiger partial charge is 0.0348 e. The Balaban J connectivity index is 2.11. The Morgan fingerprint density at radius 1 is 1.31 bits per heavy atom. The van der Waals surface area contributed by atoms with E-state index in [9.17, 15) is 0 Å². The lowest BCUT2D eigenvalue weighted by atomic mass is 9.99. The number of hydrogen-bond donors (Lipinski definition) is 1. The summed E-state index contributed by atoms with van der Waals surface area (Å²) in [5, 5.41) is 3.34. The average Bonchev–Trinajstić information content (AvgIpc) is 2.19. The largest absolute Gasteiger partial charge is 0.314 e. The molecule has 1 aromatic rings. The first-order chi connectivity index (χ1) is 7.72. The van der Waals surface area contributed by atoms with Gasteiger partial charge in [-0.3, -0.25) is 4.90 Å². The van der Waals surface area contributed by atoms with Gasteiger partial charge < -0.3 is 5.32 Å². The average molecular weight is 218 g/mol. The maximum Gasteiger partial charge on any atom is 0.0348 e. The van der Waals surface area contributed by atoms with Gasteiger partial charge >= 0.3 is 0 Å². The summed E-state index contributed by atoms with van der Waals surface area (Å²) in [6.07, 6.45) is 1.18. The zero-order valence-corrected chi connectivity index (χ0v) is 10.5. The van der Waals surface area contributed by atoms with Crippen molar-refractivity contribution in [3.05, 3.63) is 35.4 Å². The molecule has 0 bridgehead atoms. The molecular formula is C14H22N2. The van der Waals surface area contributed by atoms with E-state index in [4.69, 9.17) is 0 Å². The van der Waals surface area contributed by atoms with Gasteiger partial charge in [-0.1, -0.05) is 36.8 Å². The molecule has 1 aliphatic heterocycles. The summed E-state index contributed by atoms with van der Waals surface area (Å²) in [6.45, 7) is 6.69. The van der Waals surface area contributed by atoms with Crippen LogP contribution < -0.4 is 5.32 Å². The minimum Gasteiger partial charge on any atom is -0.314 e. The monoisotopic (exact) mass is 218 g/mol. The van der Waals surface area contributed by atoms with Crippen molar-refractivity contribution in [2.75, 3.05) is 20.1 Å². The van der Waals surface area contributed by atoms with Gasteiger partial charge in [0.15, 0.2) is 0 Å². The Morgan fingerprint density at radius 2 is 1.94 bits per heavy atom. The van der Waals surface area contributed by atoms with Crippen molar-refractivity contribution in [3.63, 3.8) is 0 Å². The molecule has 0 aromatic heterocycles. The minimum absolute atomic E-state index is 0.563. The van der Waals surface area contributed by atoms with Crippen molar-refractivity contribution < 1.29 is 0 Å². The predicted octanol–water partition coefficient (Wildman–Crippen LogP) is 2.35. The number of nitrogens with zero attached hydrogens (tertiary/aromatic N) is 1. The molecular weight excluding hydrogens is 196 g/mol. The fourth-order valence-electron chi connectivity index (χ4n) is 2.36. The molecule has 2 nitrogen and oxygen atoms in total. The van der Waals surface area contributed by atoms with Gasteiger partial charge in [0.1, 0.15) is 0 Å². The van der Waals surface area contributed by atoms with Crippen LogP contribution in [0.25, 0.3) is 0 Å². The van der Waals surface area contributed by atoms with Gasteiger partial charge in [-0.2, -0.15) is 0 Å². The second-order valence-corrected chi connectivity index (χ2v) is 4.81. The first-order valence-electron chi connectivity index (χ1n) is 6.21. The van der Waals surface area contributed by atoms with E-state index in [1.54, 1.807) is 0 Å². The highest BCUT2D eigenvalue weighted by molar-refractivity contribution is 5.24. The second kappa shape index (κ2) is 4.98. The van der Waals surface area contributed by atoms with Gasteiger partial charge in [0.2, 0.25) is 0 Å². The highest BCUT2D eigenvalue weighted by Crippen LogP contribution is 2.25. The first kappa shape index (κ1) is 11.6. The Labute approximate surface area is 98.7 Å². The van der Waals surface area contributed by atoms with E-state index in [-0.39, 0.29) is 0 Å². The molecule has 0 spiro atoms. The number of hydrogen-bond acceptors (Lipinski definition) is 2. The molecule has 1 atom stereocenters. The van der Waals surface area contributed by atoms with Gasteiger partial charge in [-0.15, -0.1) is 0 Å². The fourth-order valence-corrected chi connectivity index (χ4v) is 2.36. The Morgan fingerprint density at radius 3 is 2.38 bits per heavy atom. The third kappa shape index (κ3) is 2.28. The number of likely N-dealkylation sites (N-methyl/N-ethyl adjacent to an activating group) is 1. The topological polar surface area (TPSA) is 15.3 Å². The zero-order valence-electron chi connectivity index (χ0n) is 10.5. The van der Waals surface area contributed by atoms with Crippen molar-refractivity contribution in [3.8, 4) is 0 Å². The van der Waals surface area contributed by atoms with Crippen molar-refractivity contribution in [2.24, 2.45) is 0 Å². The normalized spacial score (nSPS) is 18.5. The Kier molecular flexibility index (Phi) is 3.62. The summed E-state index contributed by atoms with van der Waals surface area (Å²) in [6, 6.07) is 10.2. The number of benzene rings is 1. The number of nitrogens with one attached hydrogen (secondary N) is 1. The van der Waals surface area contributed by atoms with Crippen molar-refractivity contribution in [1.29, 1.82) is 0 Å². The molecule has 16 heavy (non-hydrogen) atoms. The lowest BCUT2D eigenvalue weighted by molar-refractivity contribution is 0.124. The number of rotatable bonds is 4. The summed E-state index contributed by atoms with van der Waals surface area (Å²) in [5.74, 6) is 0. The van der Waals surface area contributed by atoms with Crippen LogP contribution in [0.3, 0.4) is 0 Å². The fraction of sp³-hybridized carbons (Fsp3) is 0.571. The quantitative estimate of drug-likeness (QED) is 0.834. The second-order valence-electron chi connectivity index (χ2n) is 4.81. The van der Waals surface area contributed by atoms with E-state index < -0.39 is 0 Å². The number of aryl methyl sites for hydroxylation is 1. The van der Waals surface area contributed by atoms with Crippen LogP contribution in [0, 0.1) is 6.92 Å². The predicted molar refractivity (Wildman–Crippen MR) is 68.6 cm³/mol. The maximum absolute atomic E-state index is 3.34. The van der Waals surface area contributed by atoms with Crippen LogP contribution in [0.1, 0.15) is 30.5 Å². The SMILES string of the molecule is CCC(c1ccc(C)cc1)N(C)C1CNC1. The molecule has 1 saturated heterocycles. The third-order valence-corrected chi connectivity index (χ3v) is 3.68. The third-order valence-electron chi connectivity index (χ3n) is 3.68. The van der Waals surface area contributed by atoms with Crippen LogP contribution in [-0.2, 0) is 0 Å². The van der Waals surface area contributed by atoms with Crippen molar-refractivity contribution in [2.45, 2.75) is 32.4 Å². The molecule has 1 aromatic carbocycles. The van der Waals surface area contributed by atoms with Crippen LogP contribution >= 0.6 is 0 Å². The van der Waals surface area contributed by atoms with E-state index in [2.05, 4.69) is 55.4 Å². The highest BCUT2D eigenvalue weighted by Gasteiger charge is 2.26. The Bertz CT molecular complexity index is 327. The molecule has 1 N–H and O–H groups in total. The zero-order chi connectivity index (χ0) is 11.5. The van der Waals surface area contributed by atoms with Crippen LogP contribution in [0.15, 0.2) is 24.3 Å². The molecule has 88 valence electrons. The lowest BCUT2D eigenvalue weighted by Crippen LogP contribution is -2.56. The minimum atomic E-state index is 0.563. The molecule has 0 aliphatic carbocycles. The van der Waals surface area contributed by atoms with Gasteiger partial charge in [-0.25, -0.2) is 0 Å². The maximum atomic E-state index is 3.34. The molecule has 2 heteroatoms. The van der Waals surface area contributed by atoms with E-state index in [0.29, 0.717) is 12.1 Å². The molecule has 1 heterocycles. The first-order valence-corrected chi connectivity index (χ1v) is 6.21. The lowest BCUT2D eigenvalue weighted by Gasteiger charge is -2.40. The molecule has 0 radical (unpaired) electrons. The highest BCUT2D eigenvalue weighted by atomic mass is 15.2. The summed E-state index contributed by atoms with van der Waals surface area (Å²) in [5.41, 5.74) is 2.79. The van der Waals surface area contributed by atoms with Gasteiger partial charge in [-0.05, 0) is 26.0 Å². The molecule has 1 unspecified atom stereocenters. The van der Waals surface area contributed by atoms with Crippen molar-refractivity contribution in [1.82, 2.24) is 10.2 Å². The molecule has 1 fully saturated rings. The van der Waals surface area contributed by atoms with Crippen LogP contribution in [0.4, 0.5) is 0 Å². The van der Waals surface area contributed by atoms with Crippen molar-refractivity contribution >= 4 is 0 Å². The van der Waals surface area contributed by atoms with E-state index >= 15 is 0 Å². The van der Waals surface area contributed by atoms with E-state index in [0.717, 1.165) is 13.1 Å². The summed E-state index contributed by atoms with van der Waals surface area (Å²) >= 11 is 0. The van der Waals surface area contributed by atoms with Crippen LogP contribution in [-0.4, -0.2) is 31.1 Å². The van der Waals surface area contributed by atoms with Gasteiger partial charge in [0.05, 0.1) is 0 Å². The molecule has 2 rings (SSSR count). The van der Waals surface area contributed by atoms with E-state index in [1.807, 2.05) is 0 Å². The molecule has 0 saturated carbocycles. The van der Waals surface area contributed by atoms with Gasteiger partial charge in [0, 0.05) is 25.2 Å². The van der Waals surface area contributed by atoms with Crippen LogP contribution in [0.5, 0.6) is 0 Å². The van der Waals surface area contributed by atoms with E-state index in [1.165, 1.54) is 17.5 Å². The van der Waals surface area contributed by atoms with Gasteiger partial charge in [0.25, 0.3) is 0 Å². The summed E-state index contributed by atoms with van der Waals surface area (Å²) in [7, 11) is 2.25. The van der Waals surface area contributed by atoms with Crippen LogP contribution in [0.2, 0.25) is 0 Å². The summed E-state index contributed by atoms with van der Waals surface area (Å²) < 4.78 is 0. The molecule has 0 amide bonds. The summed E-state index contributed by atoms with van der Waals surface area (Å²) in [4.78, 5) is 2.52.